The average Bonchev–Trinajstić information content (AvgIpc) is 2.66. The second-order valence-corrected chi connectivity index (χ2v) is 6.56. The van der Waals surface area contributed by atoms with E-state index in [2.05, 4.69) is 27.6 Å². The molecular formula is C21H18INO2. The van der Waals surface area contributed by atoms with E-state index in [1.165, 1.54) is 0 Å². The van der Waals surface area contributed by atoms with Gasteiger partial charge < -0.3 is 9.47 Å². The number of halogens is 1. The van der Waals surface area contributed by atoms with Crippen LogP contribution in [0, 0.1) is 3.57 Å². The standard InChI is InChI=1S/C21H18INO2/c1-24-20-13-17(14-23-18-10-6-3-7-11-18)12-19(22)21(20)25-15-16-8-4-2-5-9-16/h2-14H,15H2,1H3. The summed E-state index contributed by atoms with van der Waals surface area (Å²) in [6.45, 7) is 0.505. The second kappa shape index (κ2) is 8.67. The lowest BCUT2D eigenvalue weighted by Crippen LogP contribution is -2.00. The average molecular weight is 443 g/mol. The molecule has 0 fully saturated rings. The number of nitrogens with zero attached hydrogens (tertiary/aromatic N) is 1. The van der Waals surface area contributed by atoms with Gasteiger partial charge in [0.05, 0.1) is 16.4 Å². The fourth-order valence-corrected chi connectivity index (χ4v) is 3.13. The maximum atomic E-state index is 5.99. The molecule has 0 aliphatic rings. The number of para-hydroxylation sites is 1. The van der Waals surface area contributed by atoms with Gasteiger partial charge in [-0.2, -0.15) is 0 Å². The van der Waals surface area contributed by atoms with Crippen LogP contribution in [0.4, 0.5) is 5.69 Å². The van der Waals surface area contributed by atoms with E-state index in [0.29, 0.717) is 12.4 Å². The van der Waals surface area contributed by atoms with Gasteiger partial charge in [-0.3, -0.25) is 4.99 Å². The molecule has 0 aliphatic carbocycles. The molecule has 0 bridgehead atoms. The Morgan fingerprint density at radius 1 is 0.960 bits per heavy atom. The molecule has 0 amide bonds. The SMILES string of the molecule is COc1cc(C=Nc2ccccc2)cc(I)c1OCc1ccccc1. The van der Waals surface area contributed by atoms with Crippen LogP contribution in [0.5, 0.6) is 11.5 Å². The van der Waals surface area contributed by atoms with Crippen molar-refractivity contribution in [1.29, 1.82) is 0 Å². The van der Waals surface area contributed by atoms with E-state index in [-0.39, 0.29) is 0 Å². The van der Waals surface area contributed by atoms with Crippen LogP contribution in [0.25, 0.3) is 0 Å². The Morgan fingerprint density at radius 3 is 2.32 bits per heavy atom. The fraction of sp³-hybridized carbons (Fsp3) is 0.0952. The number of hydrogen-bond donors (Lipinski definition) is 0. The van der Waals surface area contributed by atoms with Gasteiger partial charge in [0.1, 0.15) is 6.61 Å². The van der Waals surface area contributed by atoms with Gasteiger partial charge >= 0.3 is 0 Å². The van der Waals surface area contributed by atoms with Crippen molar-refractivity contribution >= 4 is 34.5 Å². The van der Waals surface area contributed by atoms with E-state index in [4.69, 9.17) is 9.47 Å². The number of hydrogen-bond acceptors (Lipinski definition) is 3. The molecule has 25 heavy (non-hydrogen) atoms. The quantitative estimate of drug-likeness (QED) is 0.365. The van der Waals surface area contributed by atoms with Crippen LogP contribution >= 0.6 is 22.6 Å². The number of rotatable bonds is 6. The monoisotopic (exact) mass is 443 g/mol. The molecule has 0 N–H and O–H groups in total. The predicted molar refractivity (Wildman–Crippen MR) is 110 cm³/mol. The first-order valence-corrected chi connectivity index (χ1v) is 8.97. The molecule has 3 aromatic carbocycles. The normalized spacial score (nSPS) is 10.8. The number of aliphatic imine (C=N–C) groups is 1. The van der Waals surface area contributed by atoms with E-state index >= 15 is 0 Å². The zero-order valence-corrected chi connectivity index (χ0v) is 16.0. The van der Waals surface area contributed by atoms with E-state index in [1.54, 1.807) is 7.11 Å². The third-order valence-electron chi connectivity index (χ3n) is 3.60. The smallest absolute Gasteiger partial charge is 0.174 e. The highest BCUT2D eigenvalue weighted by Gasteiger charge is 2.11. The largest absolute Gasteiger partial charge is 0.493 e. The summed E-state index contributed by atoms with van der Waals surface area (Å²) in [6.07, 6.45) is 1.83. The molecule has 0 radical (unpaired) electrons. The summed E-state index contributed by atoms with van der Waals surface area (Å²) in [6, 6.07) is 23.9. The lowest BCUT2D eigenvalue weighted by molar-refractivity contribution is 0.282. The molecule has 0 atom stereocenters. The summed E-state index contributed by atoms with van der Waals surface area (Å²) in [5, 5.41) is 0. The van der Waals surface area contributed by atoms with Crippen LogP contribution in [0.15, 0.2) is 77.8 Å². The number of benzene rings is 3. The third-order valence-corrected chi connectivity index (χ3v) is 4.40. The van der Waals surface area contributed by atoms with Gasteiger partial charge in [0, 0.05) is 6.21 Å². The van der Waals surface area contributed by atoms with Gasteiger partial charge in [-0.05, 0) is 58.0 Å². The number of methoxy groups -OCH3 is 1. The molecule has 3 nitrogen and oxygen atoms in total. The van der Waals surface area contributed by atoms with Crippen LogP contribution in [0.3, 0.4) is 0 Å². The van der Waals surface area contributed by atoms with Gasteiger partial charge in [-0.15, -0.1) is 0 Å². The molecule has 0 aliphatic heterocycles. The summed E-state index contributed by atoms with van der Waals surface area (Å²) in [5.74, 6) is 1.46. The van der Waals surface area contributed by atoms with Crippen LogP contribution in [-0.4, -0.2) is 13.3 Å². The van der Waals surface area contributed by atoms with E-state index in [1.807, 2.05) is 79.0 Å². The minimum Gasteiger partial charge on any atom is -0.493 e. The van der Waals surface area contributed by atoms with Crippen molar-refractivity contribution in [3.8, 4) is 11.5 Å². The van der Waals surface area contributed by atoms with Gasteiger partial charge in [-0.1, -0.05) is 48.5 Å². The Balaban J connectivity index is 1.80. The van der Waals surface area contributed by atoms with Crippen molar-refractivity contribution in [2.45, 2.75) is 6.61 Å². The van der Waals surface area contributed by atoms with E-state index in [0.717, 1.165) is 26.1 Å². The fourth-order valence-electron chi connectivity index (χ4n) is 2.35. The molecule has 0 saturated carbocycles. The lowest BCUT2D eigenvalue weighted by atomic mass is 10.2. The predicted octanol–water partition coefficient (Wildman–Crippen LogP) is 5.63. The van der Waals surface area contributed by atoms with Crippen molar-refractivity contribution in [2.75, 3.05) is 7.11 Å². The minimum atomic E-state index is 0.505. The van der Waals surface area contributed by atoms with E-state index < -0.39 is 0 Å². The second-order valence-electron chi connectivity index (χ2n) is 5.40. The van der Waals surface area contributed by atoms with Crippen LogP contribution in [0.2, 0.25) is 0 Å². The Morgan fingerprint density at radius 2 is 1.64 bits per heavy atom. The van der Waals surface area contributed by atoms with Crippen molar-refractivity contribution < 1.29 is 9.47 Å². The molecule has 0 aromatic heterocycles. The maximum Gasteiger partial charge on any atom is 0.174 e. The molecule has 0 heterocycles. The zero-order valence-electron chi connectivity index (χ0n) is 13.9. The maximum absolute atomic E-state index is 5.99. The van der Waals surface area contributed by atoms with Crippen LogP contribution in [0.1, 0.15) is 11.1 Å². The van der Waals surface area contributed by atoms with Crippen LogP contribution in [-0.2, 0) is 6.61 Å². The summed E-state index contributed by atoms with van der Waals surface area (Å²) in [5.41, 5.74) is 3.01. The van der Waals surface area contributed by atoms with Crippen LogP contribution < -0.4 is 9.47 Å². The Labute approximate surface area is 161 Å². The molecule has 126 valence electrons. The van der Waals surface area contributed by atoms with Crippen molar-refractivity contribution in [2.24, 2.45) is 4.99 Å². The Bertz CT molecular complexity index is 849. The van der Waals surface area contributed by atoms with Crippen molar-refractivity contribution in [3.63, 3.8) is 0 Å². The Kier molecular flexibility index (Phi) is 6.06. The zero-order chi connectivity index (χ0) is 17.5. The highest BCUT2D eigenvalue weighted by atomic mass is 127. The highest BCUT2D eigenvalue weighted by molar-refractivity contribution is 14.1. The lowest BCUT2D eigenvalue weighted by Gasteiger charge is -2.13. The first kappa shape index (κ1) is 17.5. The van der Waals surface area contributed by atoms with Gasteiger partial charge in [0.15, 0.2) is 11.5 Å². The topological polar surface area (TPSA) is 30.8 Å². The van der Waals surface area contributed by atoms with Gasteiger partial charge in [0.2, 0.25) is 0 Å². The van der Waals surface area contributed by atoms with Crippen molar-refractivity contribution in [3.05, 3.63) is 87.5 Å². The first-order chi connectivity index (χ1) is 12.3. The molecule has 0 spiro atoms. The third kappa shape index (κ3) is 4.82. The summed E-state index contributed by atoms with van der Waals surface area (Å²) < 4.78 is 12.5. The molecule has 0 unspecified atom stereocenters. The van der Waals surface area contributed by atoms with E-state index in [9.17, 15) is 0 Å². The first-order valence-electron chi connectivity index (χ1n) is 7.89. The molecule has 0 saturated heterocycles. The number of ether oxygens (including phenoxy) is 2. The minimum absolute atomic E-state index is 0.505. The molecular weight excluding hydrogens is 425 g/mol. The Hall–Kier alpha value is -2.34. The van der Waals surface area contributed by atoms with Gasteiger partial charge in [-0.25, -0.2) is 0 Å². The summed E-state index contributed by atoms with van der Waals surface area (Å²) in [4.78, 5) is 4.49. The van der Waals surface area contributed by atoms with Crippen molar-refractivity contribution in [1.82, 2.24) is 0 Å². The summed E-state index contributed by atoms with van der Waals surface area (Å²) in [7, 11) is 1.65. The molecule has 3 rings (SSSR count). The molecule has 3 aromatic rings. The molecule has 4 heteroatoms. The summed E-state index contributed by atoms with van der Waals surface area (Å²) >= 11 is 2.27. The van der Waals surface area contributed by atoms with Gasteiger partial charge in [0.25, 0.3) is 0 Å². The highest BCUT2D eigenvalue weighted by Crippen LogP contribution is 2.34.